The van der Waals surface area contributed by atoms with Gasteiger partial charge in [-0.05, 0) is 42.5 Å². The summed E-state index contributed by atoms with van der Waals surface area (Å²) < 4.78 is 37.8. The van der Waals surface area contributed by atoms with Crippen molar-refractivity contribution >= 4 is 24.2 Å². The number of carbonyl (C=O) groups is 2. The third-order valence-corrected chi connectivity index (χ3v) is 4.82. The van der Waals surface area contributed by atoms with Crippen LogP contribution in [0.15, 0.2) is 24.3 Å². The van der Waals surface area contributed by atoms with Crippen LogP contribution in [0.4, 0.5) is 13.2 Å². The zero-order chi connectivity index (χ0) is 20.4. The van der Waals surface area contributed by atoms with E-state index in [1.54, 1.807) is 4.90 Å². The predicted octanol–water partition coefficient (Wildman–Crippen LogP) is 3.22. The fourth-order valence-corrected chi connectivity index (χ4v) is 2.89. The highest BCUT2D eigenvalue weighted by Gasteiger charge is 2.33. The number of benzene rings is 1. The summed E-state index contributed by atoms with van der Waals surface area (Å²) in [5.41, 5.74) is 5.08. The third-order valence-electron chi connectivity index (χ3n) is 4.82. The molecule has 0 bridgehead atoms. The monoisotopic (exact) mass is 421 g/mol. The van der Waals surface area contributed by atoms with E-state index in [0.717, 1.165) is 12.1 Å². The molecule has 0 spiro atoms. The highest BCUT2D eigenvalue weighted by atomic mass is 35.5. The standard InChI is InChI=1S/C19H26F3N3O2.ClH/c1-18(2,3)15(23)17(27)25-10-8-14(9-11-25)24-16(26)12-4-6-13(7-5-12)19(20,21)22;/h4-7,14-15H,8-11,23H2,1-3H3,(H,24,26);1H. The van der Waals surface area contributed by atoms with E-state index in [-0.39, 0.29) is 35.3 Å². The Hall–Kier alpha value is -1.80. The molecule has 1 fully saturated rings. The van der Waals surface area contributed by atoms with Crippen LogP contribution < -0.4 is 11.1 Å². The molecule has 5 nitrogen and oxygen atoms in total. The van der Waals surface area contributed by atoms with Crippen molar-refractivity contribution in [1.29, 1.82) is 0 Å². The van der Waals surface area contributed by atoms with Crippen molar-refractivity contribution in [3.63, 3.8) is 0 Å². The van der Waals surface area contributed by atoms with Crippen LogP contribution in [0.3, 0.4) is 0 Å². The number of carbonyl (C=O) groups excluding carboxylic acids is 2. The van der Waals surface area contributed by atoms with Crippen LogP contribution in [0.2, 0.25) is 0 Å². The van der Waals surface area contributed by atoms with Gasteiger partial charge in [0.05, 0.1) is 11.6 Å². The Morgan fingerprint density at radius 3 is 2.04 bits per heavy atom. The number of hydrogen-bond acceptors (Lipinski definition) is 3. The topological polar surface area (TPSA) is 75.4 Å². The van der Waals surface area contributed by atoms with Crippen LogP contribution in [0, 0.1) is 5.41 Å². The van der Waals surface area contributed by atoms with Gasteiger partial charge in [0.25, 0.3) is 5.91 Å². The Morgan fingerprint density at radius 1 is 1.11 bits per heavy atom. The lowest BCUT2D eigenvalue weighted by Gasteiger charge is -2.36. The molecule has 0 saturated carbocycles. The highest BCUT2D eigenvalue weighted by Crippen LogP contribution is 2.29. The Balaban J connectivity index is 0.00000392. The maximum Gasteiger partial charge on any atom is 0.416 e. The number of hydrogen-bond donors (Lipinski definition) is 2. The van der Waals surface area contributed by atoms with Gasteiger partial charge in [-0.15, -0.1) is 12.4 Å². The molecule has 1 aromatic carbocycles. The lowest BCUT2D eigenvalue weighted by molar-refractivity contribution is -0.138. The molecule has 28 heavy (non-hydrogen) atoms. The van der Waals surface area contributed by atoms with Crippen molar-refractivity contribution < 1.29 is 22.8 Å². The molecule has 3 N–H and O–H groups in total. The van der Waals surface area contributed by atoms with Crippen molar-refractivity contribution in [3.8, 4) is 0 Å². The summed E-state index contributed by atoms with van der Waals surface area (Å²) in [5.74, 6) is -0.519. The first kappa shape index (κ1) is 24.2. The van der Waals surface area contributed by atoms with Gasteiger partial charge in [-0.1, -0.05) is 20.8 Å². The first-order chi connectivity index (χ1) is 12.4. The van der Waals surface area contributed by atoms with Gasteiger partial charge < -0.3 is 16.0 Å². The average molecular weight is 422 g/mol. The van der Waals surface area contributed by atoms with Crippen LogP contribution in [0.5, 0.6) is 0 Å². The quantitative estimate of drug-likeness (QED) is 0.786. The van der Waals surface area contributed by atoms with Gasteiger partial charge >= 0.3 is 6.18 Å². The first-order valence-electron chi connectivity index (χ1n) is 8.92. The summed E-state index contributed by atoms with van der Waals surface area (Å²) >= 11 is 0. The van der Waals surface area contributed by atoms with Gasteiger partial charge in [-0.2, -0.15) is 13.2 Å². The molecular weight excluding hydrogens is 395 g/mol. The Labute approximate surface area is 169 Å². The summed E-state index contributed by atoms with van der Waals surface area (Å²) in [6, 6.07) is 3.40. The second-order valence-corrected chi connectivity index (χ2v) is 7.99. The number of rotatable bonds is 3. The molecule has 1 unspecified atom stereocenters. The number of nitrogens with one attached hydrogen (secondary N) is 1. The maximum absolute atomic E-state index is 12.6. The van der Waals surface area contributed by atoms with Crippen molar-refractivity contribution in [1.82, 2.24) is 10.2 Å². The Bertz CT molecular complexity index is 679. The Kier molecular flexibility index (Phi) is 7.91. The van der Waals surface area contributed by atoms with Crippen molar-refractivity contribution in [3.05, 3.63) is 35.4 Å². The van der Waals surface area contributed by atoms with Gasteiger partial charge in [-0.3, -0.25) is 9.59 Å². The molecule has 1 saturated heterocycles. The summed E-state index contributed by atoms with van der Waals surface area (Å²) in [5, 5.41) is 2.82. The van der Waals surface area contributed by atoms with E-state index in [0.29, 0.717) is 25.9 Å². The van der Waals surface area contributed by atoms with E-state index in [1.165, 1.54) is 12.1 Å². The smallest absolute Gasteiger partial charge is 0.349 e. The normalized spacial score (nSPS) is 16.9. The van der Waals surface area contributed by atoms with E-state index in [1.807, 2.05) is 20.8 Å². The second kappa shape index (κ2) is 9.13. The van der Waals surface area contributed by atoms with Crippen LogP contribution in [-0.2, 0) is 11.0 Å². The number of nitrogens with zero attached hydrogens (tertiary/aromatic N) is 1. The second-order valence-electron chi connectivity index (χ2n) is 7.99. The maximum atomic E-state index is 12.6. The van der Waals surface area contributed by atoms with Crippen LogP contribution in [-0.4, -0.2) is 41.9 Å². The van der Waals surface area contributed by atoms with Crippen LogP contribution in [0.25, 0.3) is 0 Å². The molecule has 1 aromatic rings. The number of nitrogens with two attached hydrogens (primary N) is 1. The third kappa shape index (κ3) is 6.10. The predicted molar refractivity (Wildman–Crippen MR) is 103 cm³/mol. The van der Waals surface area contributed by atoms with Crippen molar-refractivity contribution in [2.45, 2.75) is 51.9 Å². The molecule has 0 radical (unpaired) electrons. The molecule has 158 valence electrons. The van der Waals surface area contributed by atoms with E-state index in [4.69, 9.17) is 5.73 Å². The molecule has 1 atom stereocenters. The molecule has 0 aromatic heterocycles. The van der Waals surface area contributed by atoms with E-state index < -0.39 is 23.7 Å². The fraction of sp³-hybridized carbons (Fsp3) is 0.579. The number of likely N-dealkylation sites (tertiary alicyclic amines) is 1. The number of amides is 2. The number of halogens is 4. The van der Waals surface area contributed by atoms with E-state index >= 15 is 0 Å². The molecule has 1 heterocycles. The van der Waals surface area contributed by atoms with E-state index in [9.17, 15) is 22.8 Å². The zero-order valence-electron chi connectivity index (χ0n) is 16.2. The fourth-order valence-electron chi connectivity index (χ4n) is 2.89. The van der Waals surface area contributed by atoms with Gasteiger partial charge in [0.15, 0.2) is 0 Å². The molecule has 0 aliphatic carbocycles. The molecule has 9 heteroatoms. The highest BCUT2D eigenvalue weighted by molar-refractivity contribution is 5.94. The van der Waals surface area contributed by atoms with E-state index in [2.05, 4.69) is 5.32 Å². The molecular formula is C19H27ClF3N3O2. The minimum absolute atomic E-state index is 0. The van der Waals surface area contributed by atoms with Gasteiger partial charge in [-0.25, -0.2) is 0 Å². The van der Waals surface area contributed by atoms with Crippen LogP contribution in [0.1, 0.15) is 49.5 Å². The molecule has 2 rings (SSSR count). The van der Waals surface area contributed by atoms with Crippen LogP contribution >= 0.6 is 12.4 Å². The largest absolute Gasteiger partial charge is 0.416 e. The lowest BCUT2D eigenvalue weighted by atomic mass is 9.86. The van der Waals surface area contributed by atoms with Crippen molar-refractivity contribution in [2.24, 2.45) is 11.1 Å². The zero-order valence-corrected chi connectivity index (χ0v) is 17.0. The molecule has 2 amide bonds. The number of alkyl halides is 3. The molecule has 1 aliphatic heterocycles. The Morgan fingerprint density at radius 2 is 1.61 bits per heavy atom. The molecule has 1 aliphatic rings. The van der Waals surface area contributed by atoms with Gasteiger partial charge in [0.2, 0.25) is 5.91 Å². The minimum atomic E-state index is -4.43. The summed E-state index contributed by atoms with van der Waals surface area (Å²) in [4.78, 5) is 26.4. The minimum Gasteiger partial charge on any atom is -0.349 e. The first-order valence-corrected chi connectivity index (χ1v) is 8.92. The summed E-state index contributed by atoms with van der Waals surface area (Å²) in [6.45, 7) is 6.70. The SMILES string of the molecule is CC(C)(C)C(N)C(=O)N1CCC(NC(=O)c2ccc(C(F)(F)F)cc2)CC1.Cl. The van der Waals surface area contributed by atoms with Crippen molar-refractivity contribution in [2.75, 3.05) is 13.1 Å². The van der Waals surface area contributed by atoms with Gasteiger partial charge in [0, 0.05) is 24.7 Å². The van der Waals surface area contributed by atoms with Gasteiger partial charge in [0.1, 0.15) is 0 Å². The number of piperidine rings is 1. The summed E-state index contributed by atoms with van der Waals surface area (Å²) in [6.07, 6.45) is -3.27. The lowest BCUT2D eigenvalue weighted by Crippen LogP contribution is -2.54. The average Bonchev–Trinajstić information content (AvgIpc) is 2.59. The summed E-state index contributed by atoms with van der Waals surface area (Å²) in [7, 11) is 0.